The Morgan fingerprint density at radius 1 is 1.25 bits per heavy atom. The average molecular weight is 288 g/mol. The van der Waals surface area contributed by atoms with Gasteiger partial charge in [0.2, 0.25) is 0 Å². The summed E-state index contributed by atoms with van der Waals surface area (Å²) >= 11 is 1.69. The second kappa shape index (κ2) is 6.05. The van der Waals surface area contributed by atoms with E-state index in [1.165, 1.54) is 16.0 Å². The Morgan fingerprint density at radius 3 is 2.60 bits per heavy atom. The van der Waals surface area contributed by atoms with Crippen molar-refractivity contribution in [1.82, 2.24) is 4.98 Å². The van der Waals surface area contributed by atoms with Crippen LogP contribution in [0, 0.1) is 27.7 Å². The Morgan fingerprint density at radius 2 is 2.00 bits per heavy atom. The van der Waals surface area contributed by atoms with Crippen LogP contribution in [0.2, 0.25) is 0 Å². The van der Waals surface area contributed by atoms with Gasteiger partial charge in [-0.1, -0.05) is 6.07 Å². The molecule has 1 aromatic heterocycles. The third-order valence-corrected chi connectivity index (χ3v) is 4.11. The SMILES string of the molecule is Cc1nc(CN=C(N)Nc2ccc(C)c(C)c2)c(C)s1. The van der Waals surface area contributed by atoms with Crippen molar-refractivity contribution in [3.63, 3.8) is 0 Å². The van der Waals surface area contributed by atoms with Crippen LogP contribution in [-0.4, -0.2) is 10.9 Å². The van der Waals surface area contributed by atoms with Gasteiger partial charge in [-0.15, -0.1) is 11.3 Å². The van der Waals surface area contributed by atoms with E-state index < -0.39 is 0 Å². The number of guanidine groups is 1. The van der Waals surface area contributed by atoms with Crippen molar-refractivity contribution in [2.45, 2.75) is 34.2 Å². The van der Waals surface area contributed by atoms with E-state index in [0.717, 1.165) is 16.4 Å². The molecule has 3 N–H and O–H groups in total. The molecule has 0 aliphatic heterocycles. The largest absolute Gasteiger partial charge is 0.370 e. The number of thiazole rings is 1. The van der Waals surface area contributed by atoms with Gasteiger partial charge in [0.25, 0.3) is 0 Å². The number of benzene rings is 1. The summed E-state index contributed by atoms with van der Waals surface area (Å²) in [6.07, 6.45) is 0. The molecule has 0 aliphatic rings. The molecule has 2 aromatic rings. The Labute approximate surface area is 123 Å². The van der Waals surface area contributed by atoms with Crippen molar-refractivity contribution < 1.29 is 0 Å². The van der Waals surface area contributed by atoms with E-state index in [0.29, 0.717) is 12.5 Å². The highest BCUT2D eigenvalue weighted by atomic mass is 32.1. The molecule has 0 unspecified atom stereocenters. The van der Waals surface area contributed by atoms with E-state index in [1.807, 2.05) is 13.0 Å². The maximum Gasteiger partial charge on any atom is 0.193 e. The molecule has 0 atom stereocenters. The number of anilines is 1. The van der Waals surface area contributed by atoms with E-state index in [2.05, 4.69) is 48.2 Å². The number of nitrogens with zero attached hydrogens (tertiary/aromatic N) is 2. The lowest BCUT2D eigenvalue weighted by atomic mass is 10.1. The first-order chi connectivity index (χ1) is 9.45. The zero-order valence-corrected chi connectivity index (χ0v) is 13.1. The number of hydrogen-bond acceptors (Lipinski definition) is 3. The molecular formula is C15H20N4S. The molecule has 0 fully saturated rings. The van der Waals surface area contributed by atoms with Crippen molar-refractivity contribution in [2.24, 2.45) is 10.7 Å². The fourth-order valence-electron chi connectivity index (χ4n) is 1.89. The maximum atomic E-state index is 5.91. The molecule has 1 heterocycles. The summed E-state index contributed by atoms with van der Waals surface area (Å²) < 4.78 is 0. The van der Waals surface area contributed by atoms with Crippen LogP contribution < -0.4 is 11.1 Å². The highest BCUT2D eigenvalue weighted by Crippen LogP contribution is 2.17. The molecule has 0 spiro atoms. The second-order valence-electron chi connectivity index (χ2n) is 4.86. The minimum atomic E-state index is 0.415. The van der Waals surface area contributed by atoms with Crippen LogP contribution in [0.1, 0.15) is 26.7 Å². The zero-order chi connectivity index (χ0) is 14.7. The Bertz CT molecular complexity index is 643. The van der Waals surface area contributed by atoms with Gasteiger partial charge >= 0.3 is 0 Å². The van der Waals surface area contributed by atoms with Crippen molar-refractivity contribution >= 4 is 23.0 Å². The molecule has 0 bridgehead atoms. The molecule has 20 heavy (non-hydrogen) atoms. The first kappa shape index (κ1) is 14.5. The smallest absolute Gasteiger partial charge is 0.193 e. The first-order valence-corrected chi connectivity index (χ1v) is 7.34. The Hall–Kier alpha value is -1.88. The van der Waals surface area contributed by atoms with Crippen LogP contribution in [0.5, 0.6) is 0 Å². The summed E-state index contributed by atoms with van der Waals surface area (Å²) in [6.45, 7) is 8.74. The number of hydrogen-bond donors (Lipinski definition) is 2. The number of nitrogens with two attached hydrogens (primary N) is 1. The van der Waals surface area contributed by atoms with E-state index in [4.69, 9.17) is 5.73 Å². The monoisotopic (exact) mass is 288 g/mol. The predicted octanol–water partition coefficient (Wildman–Crippen LogP) is 3.30. The molecule has 106 valence electrons. The van der Waals surface area contributed by atoms with Crippen LogP contribution in [0.15, 0.2) is 23.2 Å². The Balaban J connectivity index is 2.03. The van der Waals surface area contributed by atoms with Gasteiger partial charge in [0.15, 0.2) is 5.96 Å². The van der Waals surface area contributed by atoms with Gasteiger partial charge in [-0.2, -0.15) is 0 Å². The fraction of sp³-hybridized carbons (Fsp3) is 0.333. The first-order valence-electron chi connectivity index (χ1n) is 6.53. The average Bonchev–Trinajstić information content (AvgIpc) is 2.70. The third-order valence-electron chi connectivity index (χ3n) is 3.18. The normalized spacial score (nSPS) is 11.7. The van der Waals surface area contributed by atoms with Crippen LogP contribution in [0.25, 0.3) is 0 Å². The van der Waals surface area contributed by atoms with Crippen molar-refractivity contribution in [3.05, 3.63) is 44.9 Å². The summed E-state index contributed by atoms with van der Waals surface area (Å²) in [4.78, 5) is 9.99. The van der Waals surface area contributed by atoms with Crippen LogP contribution in [0.3, 0.4) is 0 Å². The van der Waals surface area contributed by atoms with Gasteiger partial charge in [-0.3, -0.25) is 0 Å². The molecule has 4 nitrogen and oxygen atoms in total. The third kappa shape index (κ3) is 3.57. The lowest BCUT2D eigenvalue weighted by molar-refractivity contribution is 0.980. The minimum absolute atomic E-state index is 0.415. The number of aliphatic imine (C=N–C) groups is 1. The highest BCUT2D eigenvalue weighted by Gasteiger charge is 2.04. The summed E-state index contributed by atoms with van der Waals surface area (Å²) in [7, 11) is 0. The Kier molecular flexibility index (Phi) is 4.39. The van der Waals surface area contributed by atoms with Gasteiger partial charge in [0, 0.05) is 10.6 Å². The van der Waals surface area contributed by atoms with E-state index >= 15 is 0 Å². The zero-order valence-electron chi connectivity index (χ0n) is 12.3. The van der Waals surface area contributed by atoms with Gasteiger partial charge in [-0.05, 0) is 51.0 Å². The van der Waals surface area contributed by atoms with Crippen LogP contribution in [0.4, 0.5) is 5.69 Å². The maximum absolute atomic E-state index is 5.91. The molecule has 1 aromatic carbocycles. The molecular weight excluding hydrogens is 268 g/mol. The van der Waals surface area contributed by atoms with E-state index in [9.17, 15) is 0 Å². The molecule has 0 radical (unpaired) electrons. The molecule has 0 amide bonds. The van der Waals surface area contributed by atoms with E-state index in [-0.39, 0.29) is 0 Å². The predicted molar refractivity (Wildman–Crippen MR) is 86.5 cm³/mol. The van der Waals surface area contributed by atoms with Crippen LogP contribution >= 0.6 is 11.3 Å². The topological polar surface area (TPSA) is 63.3 Å². The van der Waals surface area contributed by atoms with Crippen molar-refractivity contribution in [3.8, 4) is 0 Å². The number of nitrogens with one attached hydrogen (secondary N) is 1. The summed E-state index contributed by atoms with van der Waals surface area (Å²) in [5.41, 5.74) is 10.4. The van der Waals surface area contributed by atoms with E-state index in [1.54, 1.807) is 11.3 Å². The van der Waals surface area contributed by atoms with Crippen LogP contribution in [-0.2, 0) is 6.54 Å². The summed E-state index contributed by atoms with van der Waals surface area (Å²) in [5, 5.41) is 4.17. The number of aromatic nitrogens is 1. The van der Waals surface area contributed by atoms with Gasteiger partial charge < -0.3 is 11.1 Å². The molecule has 2 rings (SSSR count). The molecule has 0 saturated carbocycles. The summed E-state index contributed by atoms with van der Waals surface area (Å²) in [6, 6.07) is 6.14. The fourth-order valence-corrected chi connectivity index (χ4v) is 2.71. The number of aryl methyl sites for hydroxylation is 4. The van der Waals surface area contributed by atoms with Gasteiger partial charge in [0.05, 0.1) is 17.2 Å². The second-order valence-corrected chi connectivity index (χ2v) is 6.27. The lowest BCUT2D eigenvalue weighted by Gasteiger charge is -2.07. The lowest BCUT2D eigenvalue weighted by Crippen LogP contribution is -2.22. The van der Waals surface area contributed by atoms with Crippen molar-refractivity contribution in [1.29, 1.82) is 0 Å². The molecule has 0 saturated heterocycles. The van der Waals surface area contributed by atoms with Gasteiger partial charge in [0.1, 0.15) is 0 Å². The van der Waals surface area contributed by atoms with Crippen molar-refractivity contribution in [2.75, 3.05) is 5.32 Å². The summed E-state index contributed by atoms with van der Waals surface area (Å²) in [5.74, 6) is 0.415. The minimum Gasteiger partial charge on any atom is -0.370 e. The highest BCUT2D eigenvalue weighted by molar-refractivity contribution is 7.11. The number of rotatable bonds is 3. The van der Waals surface area contributed by atoms with Gasteiger partial charge in [-0.25, -0.2) is 9.98 Å². The molecule has 0 aliphatic carbocycles. The molecule has 5 heteroatoms. The standard InChI is InChI=1S/C15H20N4S/c1-9-5-6-13(7-10(9)2)19-15(16)17-8-14-11(3)20-12(4)18-14/h5-7H,8H2,1-4H3,(H3,16,17,19). The quantitative estimate of drug-likeness (QED) is 0.673.